The fourth-order valence-corrected chi connectivity index (χ4v) is 5.08. The first kappa shape index (κ1) is 26.1. The number of benzene rings is 1. The van der Waals surface area contributed by atoms with E-state index in [2.05, 4.69) is 23.1 Å². The van der Waals surface area contributed by atoms with Gasteiger partial charge in [-0.2, -0.15) is 5.10 Å². The molecule has 0 radical (unpaired) electrons. The average molecular weight is 498 g/mol. The number of morpholine rings is 1. The maximum absolute atomic E-state index is 14.0. The predicted molar refractivity (Wildman–Crippen MR) is 135 cm³/mol. The number of aromatic nitrogens is 3. The molecule has 4 rings (SSSR count). The zero-order valence-electron chi connectivity index (χ0n) is 21.4. The molecule has 2 aromatic rings. The molecule has 0 N–H and O–H groups in total. The Morgan fingerprint density at radius 2 is 2.00 bits per heavy atom. The fraction of sp³-hybridized carbons (Fsp3) is 0.630. The third-order valence-corrected chi connectivity index (χ3v) is 7.11. The minimum Gasteiger partial charge on any atom is -0.491 e. The number of carbonyl (C=O) groups excluding carboxylic acids is 2. The summed E-state index contributed by atoms with van der Waals surface area (Å²) in [5.41, 5.74) is 0.207. The maximum atomic E-state index is 14.0. The Labute approximate surface area is 213 Å². The topological polar surface area (TPSA) is 89.8 Å². The first-order chi connectivity index (χ1) is 17.6. The van der Waals surface area contributed by atoms with Gasteiger partial charge in [0.05, 0.1) is 19.7 Å². The lowest BCUT2D eigenvalue weighted by atomic mass is 9.90. The molecule has 1 aromatic carbocycles. The second kappa shape index (κ2) is 12.9. The van der Waals surface area contributed by atoms with Crippen molar-refractivity contribution < 1.29 is 19.1 Å². The standard InChI is InChI=1S/C27H39N5O4/c1-2-3-14-30-16-18-35-24-11-5-4-9-23(24)10-6-7-13-27(26(30)34)20-31(17-19-36-27)25(33)12-8-15-32-22-28-21-29-32/h4-5,9,11,21-22H,2-3,6-8,10,12-20H2,1H3. The molecule has 0 bridgehead atoms. The molecule has 1 aromatic heterocycles. The first-order valence-electron chi connectivity index (χ1n) is 13.4. The predicted octanol–water partition coefficient (Wildman–Crippen LogP) is 3.09. The Hall–Kier alpha value is -2.94. The van der Waals surface area contributed by atoms with Crippen LogP contribution in [0.3, 0.4) is 0 Å². The molecule has 196 valence electrons. The minimum absolute atomic E-state index is 0.00600. The van der Waals surface area contributed by atoms with E-state index < -0.39 is 5.60 Å². The highest BCUT2D eigenvalue weighted by Crippen LogP contribution is 2.30. The molecule has 0 saturated carbocycles. The minimum atomic E-state index is -0.994. The molecule has 2 aliphatic heterocycles. The van der Waals surface area contributed by atoms with Gasteiger partial charge in [-0.05, 0) is 50.2 Å². The summed E-state index contributed by atoms with van der Waals surface area (Å²) in [5, 5.41) is 4.10. The molecule has 0 aliphatic carbocycles. The smallest absolute Gasteiger partial charge is 0.256 e. The lowest BCUT2D eigenvalue weighted by Gasteiger charge is -2.44. The molecule has 9 nitrogen and oxygen atoms in total. The second-order valence-electron chi connectivity index (χ2n) is 9.73. The molecule has 3 heterocycles. The fourth-order valence-electron chi connectivity index (χ4n) is 5.08. The van der Waals surface area contributed by atoms with Crippen molar-refractivity contribution in [1.82, 2.24) is 24.6 Å². The zero-order valence-corrected chi connectivity index (χ0v) is 21.4. The Bertz CT molecular complexity index is 982. The van der Waals surface area contributed by atoms with E-state index in [0.717, 1.165) is 37.9 Å². The summed E-state index contributed by atoms with van der Waals surface area (Å²) in [4.78, 5) is 34.8. The van der Waals surface area contributed by atoms with E-state index in [1.165, 1.54) is 11.9 Å². The largest absolute Gasteiger partial charge is 0.491 e. The summed E-state index contributed by atoms with van der Waals surface area (Å²) < 4.78 is 14.1. The van der Waals surface area contributed by atoms with Crippen LogP contribution in [0.5, 0.6) is 5.75 Å². The van der Waals surface area contributed by atoms with Gasteiger partial charge in [-0.3, -0.25) is 14.3 Å². The van der Waals surface area contributed by atoms with Gasteiger partial charge in [0.15, 0.2) is 5.60 Å². The van der Waals surface area contributed by atoms with Crippen molar-refractivity contribution in [2.45, 2.75) is 70.4 Å². The van der Waals surface area contributed by atoms with E-state index in [1.807, 2.05) is 28.0 Å². The normalized spacial score (nSPS) is 21.4. The van der Waals surface area contributed by atoms with Crippen LogP contribution >= 0.6 is 0 Å². The van der Waals surface area contributed by atoms with E-state index >= 15 is 0 Å². The molecule has 9 heteroatoms. The number of unbranched alkanes of at least 4 members (excludes halogenated alkanes) is 1. The van der Waals surface area contributed by atoms with Crippen molar-refractivity contribution in [2.24, 2.45) is 0 Å². The highest BCUT2D eigenvalue weighted by atomic mass is 16.5. The number of amides is 2. The van der Waals surface area contributed by atoms with Crippen LogP contribution in [-0.2, 0) is 27.3 Å². The monoisotopic (exact) mass is 497 g/mol. The number of rotatable bonds is 7. The van der Waals surface area contributed by atoms with Gasteiger partial charge in [-0.15, -0.1) is 0 Å². The molecule has 2 amide bonds. The van der Waals surface area contributed by atoms with Gasteiger partial charge >= 0.3 is 0 Å². The van der Waals surface area contributed by atoms with E-state index in [0.29, 0.717) is 65.2 Å². The van der Waals surface area contributed by atoms with Crippen LogP contribution in [-0.4, -0.2) is 81.4 Å². The summed E-state index contributed by atoms with van der Waals surface area (Å²) >= 11 is 0. The average Bonchev–Trinajstić information content (AvgIpc) is 3.42. The molecule has 1 fully saturated rings. The quantitative estimate of drug-likeness (QED) is 0.584. The van der Waals surface area contributed by atoms with Crippen molar-refractivity contribution in [3.63, 3.8) is 0 Å². The molecule has 1 spiro atoms. The molecular formula is C27H39N5O4. The van der Waals surface area contributed by atoms with Gasteiger partial charge in [0.1, 0.15) is 25.0 Å². The van der Waals surface area contributed by atoms with Crippen molar-refractivity contribution in [3.05, 3.63) is 42.5 Å². The summed E-state index contributed by atoms with van der Waals surface area (Å²) in [6.45, 7) is 5.58. The summed E-state index contributed by atoms with van der Waals surface area (Å²) in [6, 6.07) is 8.17. The third kappa shape index (κ3) is 6.63. The lowest BCUT2D eigenvalue weighted by Crippen LogP contribution is -2.62. The van der Waals surface area contributed by atoms with Gasteiger partial charge < -0.3 is 19.3 Å². The van der Waals surface area contributed by atoms with E-state index in [-0.39, 0.29) is 11.8 Å². The number of ether oxygens (including phenoxy) is 2. The van der Waals surface area contributed by atoms with E-state index in [4.69, 9.17) is 9.47 Å². The Morgan fingerprint density at radius 3 is 2.83 bits per heavy atom. The highest BCUT2D eigenvalue weighted by Gasteiger charge is 2.46. The Balaban J connectivity index is 1.47. The van der Waals surface area contributed by atoms with Gasteiger partial charge in [0, 0.05) is 26.1 Å². The van der Waals surface area contributed by atoms with Crippen LogP contribution in [0.2, 0.25) is 0 Å². The van der Waals surface area contributed by atoms with Crippen molar-refractivity contribution in [2.75, 3.05) is 39.4 Å². The molecule has 1 unspecified atom stereocenters. The number of hydrogen-bond acceptors (Lipinski definition) is 6. The number of nitrogens with zero attached hydrogens (tertiary/aromatic N) is 5. The molecular weight excluding hydrogens is 458 g/mol. The van der Waals surface area contributed by atoms with Gasteiger partial charge in [-0.1, -0.05) is 31.5 Å². The number of carbonyl (C=O) groups is 2. The molecule has 36 heavy (non-hydrogen) atoms. The van der Waals surface area contributed by atoms with E-state index in [9.17, 15) is 9.59 Å². The molecule has 1 saturated heterocycles. The number of hydrogen-bond donors (Lipinski definition) is 0. The third-order valence-electron chi connectivity index (χ3n) is 7.11. The highest BCUT2D eigenvalue weighted by molar-refractivity contribution is 5.87. The van der Waals surface area contributed by atoms with Crippen molar-refractivity contribution in [1.29, 1.82) is 0 Å². The van der Waals surface area contributed by atoms with Gasteiger partial charge in [0.25, 0.3) is 5.91 Å². The number of fused-ring (bicyclic) bond motifs is 1. The molecule has 1 atom stereocenters. The SMILES string of the molecule is CCCCN1CCOc2ccccc2CCCCC2(CN(C(=O)CCCn3cncn3)CCO2)C1=O. The van der Waals surface area contributed by atoms with Crippen molar-refractivity contribution in [3.8, 4) is 5.75 Å². The van der Waals surface area contributed by atoms with Crippen LogP contribution in [0.25, 0.3) is 0 Å². The van der Waals surface area contributed by atoms with Crippen LogP contribution in [0.1, 0.15) is 57.4 Å². The number of para-hydroxylation sites is 1. The van der Waals surface area contributed by atoms with Crippen molar-refractivity contribution >= 4 is 11.8 Å². The van der Waals surface area contributed by atoms with Crippen LogP contribution in [0.15, 0.2) is 36.9 Å². The van der Waals surface area contributed by atoms with Gasteiger partial charge in [-0.25, -0.2) is 4.98 Å². The van der Waals surface area contributed by atoms with Crippen LogP contribution in [0.4, 0.5) is 0 Å². The molecule has 2 aliphatic rings. The zero-order chi connectivity index (χ0) is 25.2. The summed E-state index contributed by atoms with van der Waals surface area (Å²) in [5.74, 6) is 0.967. The summed E-state index contributed by atoms with van der Waals surface area (Å²) in [6.07, 6.45) is 9.44. The second-order valence-corrected chi connectivity index (χ2v) is 9.73. The van der Waals surface area contributed by atoms with Crippen LogP contribution < -0.4 is 4.74 Å². The summed E-state index contributed by atoms with van der Waals surface area (Å²) in [7, 11) is 0. The Morgan fingerprint density at radius 1 is 1.11 bits per heavy atom. The van der Waals surface area contributed by atoms with Crippen LogP contribution in [0, 0.1) is 0 Å². The van der Waals surface area contributed by atoms with Gasteiger partial charge in [0.2, 0.25) is 5.91 Å². The first-order valence-corrected chi connectivity index (χ1v) is 13.4. The van der Waals surface area contributed by atoms with E-state index in [1.54, 1.807) is 11.0 Å². The maximum Gasteiger partial charge on any atom is 0.256 e. The Kier molecular flexibility index (Phi) is 9.33. The number of aryl methyl sites for hydroxylation is 2. The lowest BCUT2D eigenvalue weighted by molar-refractivity contribution is -0.176.